The van der Waals surface area contributed by atoms with Crippen LogP contribution in [0, 0.1) is 17.8 Å². The number of nitrogens with two attached hydrogens (primary N) is 1. The Balaban J connectivity index is 1.72. The van der Waals surface area contributed by atoms with E-state index >= 15 is 0 Å². The lowest BCUT2D eigenvalue weighted by Crippen LogP contribution is -2.20. The van der Waals surface area contributed by atoms with E-state index in [0.29, 0.717) is 28.9 Å². The zero-order valence-corrected chi connectivity index (χ0v) is 12.0. The summed E-state index contributed by atoms with van der Waals surface area (Å²) in [7, 11) is 0. The number of ether oxygens (including phenoxy) is 1. The second-order valence-electron chi connectivity index (χ2n) is 5.87. The van der Waals surface area contributed by atoms with E-state index in [4.69, 9.17) is 27.3 Å². The van der Waals surface area contributed by atoms with Crippen LogP contribution < -0.4 is 10.5 Å². The molecule has 5 heteroatoms. The Morgan fingerprint density at radius 2 is 2.25 bits per heavy atom. The third-order valence-electron chi connectivity index (χ3n) is 4.66. The number of amidine groups is 1. The van der Waals surface area contributed by atoms with Gasteiger partial charge in [0.25, 0.3) is 0 Å². The zero-order valence-electron chi connectivity index (χ0n) is 11.3. The van der Waals surface area contributed by atoms with E-state index in [1.165, 1.54) is 25.7 Å². The summed E-state index contributed by atoms with van der Waals surface area (Å²) >= 11 is 6.00. The third kappa shape index (κ3) is 2.57. The van der Waals surface area contributed by atoms with Gasteiger partial charge >= 0.3 is 0 Å². The Hall–Kier alpha value is -1.42. The molecule has 0 radical (unpaired) electrons. The number of oxime groups is 1. The van der Waals surface area contributed by atoms with E-state index < -0.39 is 0 Å². The van der Waals surface area contributed by atoms with Crippen LogP contribution in [0.25, 0.3) is 0 Å². The van der Waals surface area contributed by atoms with Gasteiger partial charge in [-0.3, -0.25) is 0 Å². The summed E-state index contributed by atoms with van der Waals surface area (Å²) in [5.74, 6) is 2.98. The SMILES string of the molecule is N/C(=N/O)c1ccc(Cl)cc1OCC1CC2CCC1C2. The molecule has 2 bridgehead atoms. The van der Waals surface area contributed by atoms with E-state index in [1.807, 2.05) is 0 Å². The topological polar surface area (TPSA) is 67.8 Å². The van der Waals surface area contributed by atoms with Gasteiger partial charge in [0.2, 0.25) is 0 Å². The number of rotatable bonds is 4. The van der Waals surface area contributed by atoms with E-state index in [9.17, 15) is 0 Å². The normalized spacial score (nSPS) is 28.9. The van der Waals surface area contributed by atoms with Gasteiger partial charge in [-0.05, 0) is 55.2 Å². The molecule has 108 valence electrons. The molecule has 0 aromatic heterocycles. The second kappa shape index (κ2) is 5.52. The summed E-state index contributed by atoms with van der Waals surface area (Å²) in [6, 6.07) is 5.15. The summed E-state index contributed by atoms with van der Waals surface area (Å²) in [6.07, 6.45) is 5.34. The molecule has 0 amide bonds. The average molecular weight is 295 g/mol. The van der Waals surface area contributed by atoms with Crippen molar-refractivity contribution >= 4 is 17.4 Å². The van der Waals surface area contributed by atoms with Crippen molar-refractivity contribution in [3.8, 4) is 5.75 Å². The van der Waals surface area contributed by atoms with Crippen LogP contribution in [0.4, 0.5) is 0 Å². The molecule has 2 saturated carbocycles. The highest BCUT2D eigenvalue weighted by Gasteiger charge is 2.39. The van der Waals surface area contributed by atoms with Gasteiger partial charge in [-0.25, -0.2) is 0 Å². The van der Waals surface area contributed by atoms with Crippen molar-refractivity contribution < 1.29 is 9.94 Å². The summed E-state index contributed by atoms with van der Waals surface area (Å²) in [5.41, 5.74) is 6.25. The molecule has 4 nitrogen and oxygen atoms in total. The molecule has 0 saturated heterocycles. The molecular formula is C15H19ClN2O2. The zero-order chi connectivity index (χ0) is 14.1. The quantitative estimate of drug-likeness (QED) is 0.388. The molecule has 3 N–H and O–H groups in total. The van der Waals surface area contributed by atoms with Crippen LogP contribution in [0.2, 0.25) is 5.02 Å². The van der Waals surface area contributed by atoms with Gasteiger partial charge in [0.1, 0.15) is 5.75 Å². The van der Waals surface area contributed by atoms with E-state index in [2.05, 4.69) is 5.16 Å². The van der Waals surface area contributed by atoms with E-state index in [0.717, 1.165) is 11.8 Å². The van der Waals surface area contributed by atoms with Crippen molar-refractivity contribution in [1.82, 2.24) is 0 Å². The predicted octanol–water partition coefficient (Wildman–Crippen LogP) is 3.25. The highest BCUT2D eigenvalue weighted by Crippen LogP contribution is 2.48. The Bertz CT molecular complexity index is 533. The van der Waals surface area contributed by atoms with Gasteiger partial charge in [-0.2, -0.15) is 0 Å². The second-order valence-corrected chi connectivity index (χ2v) is 6.31. The Labute approximate surface area is 123 Å². The fourth-order valence-electron chi connectivity index (χ4n) is 3.66. The van der Waals surface area contributed by atoms with Crippen LogP contribution in [0.15, 0.2) is 23.4 Å². The molecule has 1 aromatic carbocycles. The number of benzene rings is 1. The lowest BCUT2D eigenvalue weighted by molar-refractivity contribution is 0.195. The molecule has 1 aromatic rings. The maximum Gasteiger partial charge on any atom is 0.173 e. The van der Waals surface area contributed by atoms with Gasteiger partial charge in [0, 0.05) is 5.02 Å². The molecule has 3 unspecified atom stereocenters. The summed E-state index contributed by atoms with van der Waals surface area (Å²) in [4.78, 5) is 0. The van der Waals surface area contributed by atoms with Crippen LogP contribution >= 0.6 is 11.6 Å². The highest BCUT2D eigenvalue weighted by atomic mass is 35.5. The first kappa shape index (κ1) is 13.6. The summed E-state index contributed by atoms with van der Waals surface area (Å²) in [6.45, 7) is 0.688. The van der Waals surface area contributed by atoms with Crippen LogP contribution in [0.1, 0.15) is 31.2 Å². The van der Waals surface area contributed by atoms with Gasteiger partial charge in [-0.1, -0.05) is 23.2 Å². The first-order valence-electron chi connectivity index (χ1n) is 7.07. The van der Waals surface area contributed by atoms with Gasteiger partial charge < -0.3 is 15.7 Å². The minimum Gasteiger partial charge on any atom is -0.492 e. The minimum atomic E-state index is 0.0459. The predicted molar refractivity (Wildman–Crippen MR) is 78.4 cm³/mol. The maximum absolute atomic E-state index is 8.82. The third-order valence-corrected chi connectivity index (χ3v) is 4.90. The smallest absolute Gasteiger partial charge is 0.173 e. The standard InChI is InChI=1S/C15H19ClN2O2/c16-12-3-4-13(15(17)18-19)14(7-12)20-8-11-6-9-1-2-10(11)5-9/h3-4,7,9-11,19H,1-2,5-6,8H2,(H2,17,18). The van der Waals surface area contributed by atoms with Crippen LogP contribution in [0.3, 0.4) is 0 Å². The Morgan fingerprint density at radius 1 is 1.40 bits per heavy atom. The number of fused-ring (bicyclic) bond motifs is 2. The summed E-state index contributed by atoms with van der Waals surface area (Å²) in [5, 5.41) is 12.4. The minimum absolute atomic E-state index is 0.0459. The molecule has 20 heavy (non-hydrogen) atoms. The number of nitrogens with zero attached hydrogens (tertiary/aromatic N) is 1. The van der Waals surface area contributed by atoms with Crippen molar-refractivity contribution in [3.05, 3.63) is 28.8 Å². The lowest BCUT2D eigenvalue weighted by Gasteiger charge is -2.22. The van der Waals surface area contributed by atoms with Crippen molar-refractivity contribution in [1.29, 1.82) is 0 Å². The molecule has 3 atom stereocenters. The first-order chi connectivity index (χ1) is 9.67. The summed E-state index contributed by atoms with van der Waals surface area (Å²) < 4.78 is 5.92. The fraction of sp³-hybridized carbons (Fsp3) is 0.533. The molecular weight excluding hydrogens is 276 g/mol. The van der Waals surface area contributed by atoms with E-state index in [1.54, 1.807) is 18.2 Å². The maximum atomic E-state index is 8.82. The lowest BCUT2D eigenvalue weighted by atomic mass is 9.89. The number of hydrogen-bond donors (Lipinski definition) is 2. The Morgan fingerprint density at radius 3 is 2.90 bits per heavy atom. The van der Waals surface area contributed by atoms with Gasteiger partial charge in [0.15, 0.2) is 5.84 Å². The molecule has 0 spiro atoms. The van der Waals surface area contributed by atoms with Gasteiger partial charge in [-0.15, -0.1) is 0 Å². The van der Waals surface area contributed by atoms with Crippen molar-refractivity contribution in [2.45, 2.75) is 25.7 Å². The molecule has 3 rings (SSSR count). The molecule has 0 aliphatic heterocycles. The number of hydrogen-bond acceptors (Lipinski definition) is 3. The molecule has 2 aliphatic carbocycles. The molecule has 2 aliphatic rings. The fourth-order valence-corrected chi connectivity index (χ4v) is 3.82. The van der Waals surface area contributed by atoms with Crippen molar-refractivity contribution in [3.63, 3.8) is 0 Å². The van der Waals surface area contributed by atoms with Crippen molar-refractivity contribution in [2.75, 3.05) is 6.61 Å². The first-order valence-corrected chi connectivity index (χ1v) is 7.45. The molecule has 2 fully saturated rings. The number of halogens is 1. The van der Waals surface area contributed by atoms with Crippen LogP contribution in [-0.2, 0) is 0 Å². The molecule has 0 heterocycles. The highest BCUT2D eigenvalue weighted by molar-refractivity contribution is 6.30. The van der Waals surface area contributed by atoms with E-state index in [-0.39, 0.29) is 5.84 Å². The van der Waals surface area contributed by atoms with Crippen molar-refractivity contribution in [2.24, 2.45) is 28.6 Å². The Kier molecular flexibility index (Phi) is 3.74. The average Bonchev–Trinajstić information content (AvgIpc) is 3.07. The monoisotopic (exact) mass is 294 g/mol. The van der Waals surface area contributed by atoms with Crippen LogP contribution in [0.5, 0.6) is 5.75 Å². The van der Waals surface area contributed by atoms with Gasteiger partial charge in [0.05, 0.1) is 12.2 Å². The van der Waals surface area contributed by atoms with Crippen LogP contribution in [-0.4, -0.2) is 17.6 Å². The largest absolute Gasteiger partial charge is 0.492 e.